The molecule has 16 heavy (non-hydrogen) atoms. The van der Waals surface area contributed by atoms with Gasteiger partial charge in [0.1, 0.15) is 4.21 Å². The van der Waals surface area contributed by atoms with E-state index < -0.39 is 9.84 Å². The molecule has 1 aromatic heterocycles. The van der Waals surface area contributed by atoms with Crippen molar-refractivity contribution in [3.05, 3.63) is 47.3 Å². The van der Waals surface area contributed by atoms with Crippen LogP contribution in [0.1, 0.15) is 5.56 Å². The van der Waals surface area contributed by atoms with Crippen molar-refractivity contribution < 1.29 is 8.42 Å². The van der Waals surface area contributed by atoms with Crippen LogP contribution in [0, 0.1) is 0 Å². The Bertz CT molecular complexity index is 574. The van der Waals surface area contributed by atoms with E-state index in [1.54, 1.807) is 41.8 Å². The molecule has 0 aliphatic carbocycles. The van der Waals surface area contributed by atoms with Crippen molar-refractivity contribution in [2.24, 2.45) is 0 Å². The van der Waals surface area contributed by atoms with Crippen molar-refractivity contribution in [1.82, 2.24) is 0 Å². The predicted molar refractivity (Wildman–Crippen MR) is 66.1 cm³/mol. The normalized spacial score (nSPS) is 11.5. The Kier molecular flexibility index (Phi) is 2.98. The molecular formula is C11H11NO2S2. The second kappa shape index (κ2) is 4.27. The van der Waals surface area contributed by atoms with Gasteiger partial charge in [-0.25, -0.2) is 8.42 Å². The Balaban J connectivity index is 2.33. The molecule has 0 aliphatic rings. The third-order valence-corrected chi connectivity index (χ3v) is 5.35. The Morgan fingerprint density at radius 2 is 1.88 bits per heavy atom. The lowest BCUT2D eigenvalue weighted by Gasteiger charge is -2.04. The summed E-state index contributed by atoms with van der Waals surface area (Å²) in [5.74, 6) is -0.0415. The van der Waals surface area contributed by atoms with Gasteiger partial charge in [-0.2, -0.15) is 0 Å². The fourth-order valence-corrected chi connectivity index (χ4v) is 3.86. The Morgan fingerprint density at radius 1 is 1.12 bits per heavy atom. The van der Waals surface area contributed by atoms with Crippen molar-refractivity contribution >= 4 is 26.9 Å². The van der Waals surface area contributed by atoms with Gasteiger partial charge in [0, 0.05) is 5.69 Å². The molecule has 1 heterocycles. The van der Waals surface area contributed by atoms with Crippen LogP contribution < -0.4 is 5.73 Å². The minimum atomic E-state index is -3.25. The van der Waals surface area contributed by atoms with E-state index in [-0.39, 0.29) is 5.75 Å². The van der Waals surface area contributed by atoms with Gasteiger partial charge in [-0.3, -0.25) is 0 Å². The topological polar surface area (TPSA) is 60.2 Å². The summed E-state index contributed by atoms with van der Waals surface area (Å²) in [4.78, 5) is 0. The summed E-state index contributed by atoms with van der Waals surface area (Å²) < 4.78 is 24.3. The third-order valence-electron chi connectivity index (χ3n) is 2.20. The zero-order chi connectivity index (χ0) is 11.6. The van der Waals surface area contributed by atoms with Crippen molar-refractivity contribution in [2.45, 2.75) is 9.96 Å². The highest BCUT2D eigenvalue weighted by molar-refractivity contribution is 7.92. The quantitative estimate of drug-likeness (QED) is 0.854. The molecule has 0 unspecified atom stereocenters. The second-order valence-corrected chi connectivity index (χ2v) is 6.55. The monoisotopic (exact) mass is 253 g/mol. The summed E-state index contributed by atoms with van der Waals surface area (Å²) in [7, 11) is -3.25. The number of benzene rings is 1. The van der Waals surface area contributed by atoms with Gasteiger partial charge in [-0.1, -0.05) is 24.3 Å². The van der Waals surface area contributed by atoms with Gasteiger partial charge < -0.3 is 5.73 Å². The van der Waals surface area contributed by atoms with Gasteiger partial charge in [0.05, 0.1) is 5.75 Å². The van der Waals surface area contributed by atoms with E-state index in [1.165, 1.54) is 11.3 Å². The summed E-state index contributed by atoms with van der Waals surface area (Å²) in [6.07, 6.45) is 0. The summed E-state index contributed by atoms with van der Waals surface area (Å²) in [6, 6.07) is 10.4. The fraction of sp³-hybridized carbons (Fsp3) is 0.0909. The van der Waals surface area contributed by atoms with Crippen LogP contribution in [-0.4, -0.2) is 8.42 Å². The largest absolute Gasteiger partial charge is 0.398 e. The van der Waals surface area contributed by atoms with Gasteiger partial charge in [0.2, 0.25) is 0 Å². The van der Waals surface area contributed by atoms with E-state index in [0.717, 1.165) is 0 Å². The van der Waals surface area contributed by atoms with Gasteiger partial charge in [-0.15, -0.1) is 11.3 Å². The van der Waals surface area contributed by atoms with E-state index >= 15 is 0 Å². The molecule has 5 heteroatoms. The highest BCUT2D eigenvalue weighted by Crippen LogP contribution is 2.23. The lowest BCUT2D eigenvalue weighted by atomic mass is 10.2. The van der Waals surface area contributed by atoms with Crippen LogP contribution in [0.3, 0.4) is 0 Å². The number of nitrogens with two attached hydrogens (primary N) is 1. The van der Waals surface area contributed by atoms with Crippen LogP contribution in [0.25, 0.3) is 0 Å². The molecular weight excluding hydrogens is 242 g/mol. The first-order valence-corrected chi connectivity index (χ1v) is 7.22. The van der Waals surface area contributed by atoms with Gasteiger partial charge >= 0.3 is 0 Å². The minimum Gasteiger partial charge on any atom is -0.398 e. The first-order valence-electron chi connectivity index (χ1n) is 4.69. The molecule has 0 aliphatic heterocycles. The lowest BCUT2D eigenvalue weighted by Crippen LogP contribution is -2.05. The van der Waals surface area contributed by atoms with E-state index in [2.05, 4.69) is 0 Å². The molecule has 1 aromatic carbocycles. The number of sulfone groups is 1. The van der Waals surface area contributed by atoms with Gasteiger partial charge in [-0.05, 0) is 23.1 Å². The minimum absolute atomic E-state index is 0.0415. The molecule has 3 nitrogen and oxygen atoms in total. The van der Waals surface area contributed by atoms with Crippen LogP contribution in [0.2, 0.25) is 0 Å². The molecule has 0 amide bonds. The smallest absolute Gasteiger partial charge is 0.191 e. The Morgan fingerprint density at radius 3 is 2.50 bits per heavy atom. The van der Waals surface area contributed by atoms with Crippen LogP contribution >= 0.6 is 11.3 Å². The number of anilines is 1. The Labute approximate surface area is 98.5 Å². The molecule has 0 saturated heterocycles. The second-order valence-electron chi connectivity index (χ2n) is 3.39. The number of hydrogen-bond donors (Lipinski definition) is 1. The maximum Gasteiger partial charge on any atom is 0.191 e. The van der Waals surface area contributed by atoms with E-state index in [1.807, 2.05) is 0 Å². The molecule has 0 radical (unpaired) electrons. The fourth-order valence-electron chi connectivity index (χ4n) is 1.38. The standard InChI is InChI=1S/C11H11NO2S2/c12-10-5-2-1-4-9(10)8-16(13,14)11-6-3-7-15-11/h1-7H,8,12H2. The Hall–Kier alpha value is -1.33. The number of thiophene rings is 1. The van der Waals surface area contributed by atoms with Crippen molar-refractivity contribution in [2.75, 3.05) is 5.73 Å². The molecule has 0 saturated carbocycles. The number of nitrogen functional groups attached to an aromatic ring is 1. The number of hydrogen-bond acceptors (Lipinski definition) is 4. The zero-order valence-electron chi connectivity index (χ0n) is 8.46. The summed E-state index contributed by atoms with van der Waals surface area (Å²) in [5.41, 5.74) is 6.89. The molecule has 0 bridgehead atoms. The third kappa shape index (κ3) is 2.25. The van der Waals surface area contributed by atoms with Crippen molar-refractivity contribution in [3.8, 4) is 0 Å². The highest BCUT2D eigenvalue weighted by atomic mass is 32.2. The molecule has 84 valence electrons. The van der Waals surface area contributed by atoms with Gasteiger partial charge in [0.15, 0.2) is 9.84 Å². The van der Waals surface area contributed by atoms with Crippen LogP contribution in [-0.2, 0) is 15.6 Å². The first kappa shape index (κ1) is 11.2. The molecule has 2 rings (SSSR count). The summed E-state index contributed by atoms with van der Waals surface area (Å²) in [5, 5.41) is 1.75. The average Bonchev–Trinajstić information content (AvgIpc) is 2.75. The molecule has 0 spiro atoms. The van der Waals surface area contributed by atoms with E-state index in [9.17, 15) is 8.42 Å². The molecule has 0 fully saturated rings. The van der Waals surface area contributed by atoms with Gasteiger partial charge in [0.25, 0.3) is 0 Å². The van der Waals surface area contributed by atoms with Crippen LogP contribution in [0.5, 0.6) is 0 Å². The maximum atomic E-state index is 12.0. The van der Waals surface area contributed by atoms with Crippen LogP contribution in [0.15, 0.2) is 46.0 Å². The molecule has 2 N–H and O–H groups in total. The molecule has 2 aromatic rings. The van der Waals surface area contributed by atoms with E-state index in [4.69, 9.17) is 5.73 Å². The maximum absolute atomic E-state index is 12.0. The van der Waals surface area contributed by atoms with Crippen molar-refractivity contribution in [3.63, 3.8) is 0 Å². The van der Waals surface area contributed by atoms with Crippen molar-refractivity contribution in [1.29, 1.82) is 0 Å². The number of rotatable bonds is 3. The number of para-hydroxylation sites is 1. The van der Waals surface area contributed by atoms with Crippen LogP contribution in [0.4, 0.5) is 5.69 Å². The van der Waals surface area contributed by atoms with E-state index in [0.29, 0.717) is 15.5 Å². The lowest BCUT2D eigenvalue weighted by molar-refractivity contribution is 0.597. The highest BCUT2D eigenvalue weighted by Gasteiger charge is 2.17. The SMILES string of the molecule is Nc1ccccc1CS(=O)(=O)c1cccs1. The summed E-state index contributed by atoms with van der Waals surface area (Å²) >= 11 is 1.23. The zero-order valence-corrected chi connectivity index (χ0v) is 10.1. The predicted octanol–water partition coefficient (Wildman–Crippen LogP) is 2.30. The average molecular weight is 253 g/mol. The molecule has 0 atom stereocenters. The summed E-state index contributed by atoms with van der Waals surface area (Å²) in [6.45, 7) is 0. The first-order chi connectivity index (χ1) is 7.59.